The van der Waals surface area contributed by atoms with Gasteiger partial charge >= 0.3 is 5.97 Å². The first-order valence-corrected chi connectivity index (χ1v) is 7.35. The third-order valence-electron chi connectivity index (χ3n) is 3.55. The summed E-state index contributed by atoms with van der Waals surface area (Å²) in [6.07, 6.45) is 3.36. The van der Waals surface area contributed by atoms with Crippen LogP contribution in [0.15, 0.2) is 29.8 Å². The summed E-state index contributed by atoms with van der Waals surface area (Å²) in [5, 5.41) is 9.10. The van der Waals surface area contributed by atoms with Gasteiger partial charge in [-0.2, -0.15) is 5.26 Å². The fourth-order valence-electron chi connectivity index (χ4n) is 2.27. The van der Waals surface area contributed by atoms with E-state index in [2.05, 4.69) is 0 Å². The molecule has 120 valence electrons. The summed E-state index contributed by atoms with van der Waals surface area (Å²) in [5.41, 5.74) is 0.523. The van der Waals surface area contributed by atoms with Crippen molar-refractivity contribution in [3.05, 3.63) is 35.4 Å². The van der Waals surface area contributed by atoms with Gasteiger partial charge < -0.3 is 14.4 Å². The van der Waals surface area contributed by atoms with Crippen LogP contribution in [0.3, 0.4) is 0 Å². The van der Waals surface area contributed by atoms with Gasteiger partial charge in [0.2, 0.25) is 0 Å². The number of likely N-dealkylation sites (tertiary alicyclic amines) is 1. The first-order chi connectivity index (χ1) is 11.1. The van der Waals surface area contributed by atoms with Gasteiger partial charge in [-0.3, -0.25) is 4.79 Å². The van der Waals surface area contributed by atoms with E-state index in [1.165, 1.54) is 6.08 Å². The zero-order chi connectivity index (χ0) is 16.7. The number of rotatable bonds is 5. The van der Waals surface area contributed by atoms with Gasteiger partial charge in [0, 0.05) is 13.1 Å². The van der Waals surface area contributed by atoms with Gasteiger partial charge in [-0.1, -0.05) is 12.1 Å². The molecule has 1 amide bonds. The number of ether oxygens (including phenoxy) is 2. The Morgan fingerprint density at radius 1 is 1.26 bits per heavy atom. The van der Waals surface area contributed by atoms with Crippen LogP contribution in [0.1, 0.15) is 18.4 Å². The number of nitriles is 1. The van der Waals surface area contributed by atoms with Crippen LogP contribution in [-0.2, 0) is 14.3 Å². The summed E-state index contributed by atoms with van der Waals surface area (Å²) < 4.78 is 9.98. The number of benzene rings is 1. The quantitative estimate of drug-likeness (QED) is 0.470. The minimum absolute atomic E-state index is 0.149. The number of carbonyl (C=O) groups is 2. The summed E-state index contributed by atoms with van der Waals surface area (Å²) in [4.78, 5) is 25.4. The molecule has 6 heteroatoms. The second-order valence-electron chi connectivity index (χ2n) is 5.11. The molecule has 0 aliphatic carbocycles. The second kappa shape index (κ2) is 7.99. The standard InChI is InChI=1S/C17H18N2O4/c1-22-15-6-4-13(5-7-15)10-14(11-18)17(21)23-12-16(20)19-8-2-3-9-19/h4-7,10H,2-3,8-9,12H2,1H3/b14-10+. The van der Waals surface area contributed by atoms with Crippen molar-refractivity contribution in [2.24, 2.45) is 0 Å². The van der Waals surface area contributed by atoms with E-state index in [-0.39, 0.29) is 18.1 Å². The number of carbonyl (C=O) groups excluding carboxylic acids is 2. The van der Waals surface area contributed by atoms with E-state index in [1.807, 2.05) is 0 Å². The Labute approximate surface area is 134 Å². The molecule has 1 saturated heterocycles. The Morgan fingerprint density at radius 2 is 1.91 bits per heavy atom. The molecule has 0 spiro atoms. The van der Waals surface area contributed by atoms with Gasteiger partial charge in [-0.15, -0.1) is 0 Å². The molecule has 6 nitrogen and oxygen atoms in total. The predicted octanol–water partition coefficient (Wildman–Crippen LogP) is 1.77. The number of methoxy groups -OCH3 is 1. The minimum Gasteiger partial charge on any atom is -0.497 e. The number of esters is 1. The lowest BCUT2D eigenvalue weighted by molar-refractivity contribution is -0.148. The molecule has 0 aromatic heterocycles. The van der Waals surface area contributed by atoms with Crippen LogP contribution < -0.4 is 4.74 Å². The van der Waals surface area contributed by atoms with Crippen LogP contribution in [0.4, 0.5) is 0 Å². The first kappa shape index (κ1) is 16.6. The molecule has 1 aliphatic rings. The highest BCUT2D eigenvalue weighted by molar-refractivity contribution is 5.98. The van der Waals surface area contributed by atoms with E-state index < -0.39 is 5.97 Å². The Kier molecular flexibility index (Phi) is 5.75. The molecular formula is C17H18N2O4. The maximum absolute atomic E-state index is 11.9. The fourth-order valence-corrected chi connectivity index (χ4v) is 2.27. The molecule has 0 saturated carbocycles. The second-order valence-corrected chi connectivity index (χ2v) is 5.11. The van der Waals surface area contributed by atoms with Gasteiger partial charge in [0.1, 0.15) is 17.4 Å². The van der Waals surface area contributed by atoms with Crippen molar-refractivity contribution < 1.29 is 19.1 Å². The van der Waals surface area contributed by atoms with Crippen molar-refractivity contribution in [2.45, 2.75) is 12.8 Å². The van der Waals surface area contributed by atoms with Crippen molar-refractivity contribution >= 4 is 18.0 Å². The Morgan fingerprint density at radius 3 is 2.48 bits per heavy atom. The molecule has 1 aromatic carbocycles. The molecule has 1 aliphatic heterocycles. The summed E-state index contributed by atoms with van der Waals surface area (Å²) in [6, 6.07) is 8.70. The van der Waals surface area contributed by atoms with Crippen LogP contribution in [0.5, 0.6) is 5.75 Å². The van der Waals surface area contributed by atoms with Gasteiger partial charge in [0.15, 0.2) is 6.61 Å². The maximum atomic E-state index is 11.9. The van der Waals surface area contributed by atoms with Crippen LogP contribution in [0, 0.1) is 11.3 Å². The highest BCUT2D eigenvalue weighted by atomic mass is 16.5. The van der Waals surface area contributed by atoms with E-state index >= 15 is 0 Å². The third kappa shape index (κ3) is 4.58. The zero-order valence-corrected chi connectivity index (χ0v) is 12.9. The summed E-state index contributed by atoms with van der Waals surface area (Å²) in [6.45, 7) is 1.06. The predicted molar refractivity (Wildman–Crippen MR) is 83.4 cm³/mol. The van der Waals surface area contributed by atoms with Crippen molar-refractivity contribution in [3.63, 3.8) is 0 Å². The lowest BCUT2D eigenvalue weighted by Gasteiger charge is -2.14. The highest BCUT2D eigenvalue weighted by Gasteiger charge is 2.20. The number of nitrogens with zero attached hydrogens (tertiary/aromatic N) is 2. The summed E-state index contributed by atoms with van der Waals surface area (Å²) in [5.74, 6) is -0.340. The normalized spacial score (nSPS) is 14.3. The number of amides is 1. The smallest absolute Gasteiger partial charge is 0.349 e. The minimum atomic E-state index is -0.795. The average Bonchev–Trinajstić information content (AvgIpc) is 3.12. The van der Waals surface area contributed by atoms with Gasteiger partial charge in [-0.25, -0.2) is 4.79 Å². The molecule has 23 heavy (non-hydrogen) atoms. The molecule has 0 bridgehead atoms. The topological polar surface area (TPSA) is 79.6 Å². The van der Waals surface area contributed by atoms with Crippen LogP contribution >= 0.6 is 0 Å². The fraction of sp³-hybridized carbons (Fsp3) is 0.353. The zero-order valence-electron chi connectivity index (χ0n) is 12.9. The summed E-state index contributed by atoms with van der Waals surface area (Å²) >= 11 is 0. The molecule has 2 rings (SSSR count). The van der Waals surface area contributed by atoms with E-state index in [1.54, 1.807) is 42.3 Å². The molecule has 1 fully saturated rings. The monoisotopic (exact) mass is 314 g/mol. The van der Waals surface area contributed by atoms with Crippen molar-refractivity contribution in [1.82, 2.24) is 4.90 Å². The summed E-state index contributed by atoms with van der Waals surface area (Å²) in [7, 11) is 1.56. The largest absolute Gasteiger partial charge is 0.497 e. The van der Waals surface area contributed by atoms with Crippen molar-refractivity contribution in [2.75, 3.05) is 26.8 Å². The van der Waals surface area contributed by atoms with Gasteiger partial charge in [-0.05, 0) is 36.6 Å². The van der Waals surface area contributed by atoms with Crippen molar-refractivity contribution in [1.29, 1.82) is 5.26 Å². The molecule has 0 unspecified atom stereocenters. The maximum Gasteiger partial charge on any atom is 0.349 e. The lowest BCUT2D eigenvalue weighted by Crippen LogP contribution is -2.32. The molecule has 1 aromatic rings. The van der Waals surface area contributed by atoms with E-state index in [4.69, 9.17) is 14.7 Å². The van der Waals surface area contributed by atoms with Crippen molar-refractivity contribution in [3.8, 4) is 11.8 Å². The molecular weight excluding hydrogens is 296 g/mol. The number of hydrogen-bond donors (Lipinski definition) is 0. The van der Waals surface area contributed by atoms with Crippen LogP contribution in [0.2, 0.25) is 0 Å². The third-order valence-corrected chi connectivity index (χ3v) is 3.55. The Hall–Kier alpha value is -2.81. The van der Waals surface area contributed by atoms with E-state index in [9.17, 15) is 9.59 Å². The lowest BCUT2D eigenvalue weighted by atomic mass is 10.1. The molecule has 1 heterocycles. The van der Waals surface area contributed by atoms with E-state index in [0.29, 0.717) is 24.4 Å². The Bertz CT molecular complexity index is 638. The van der Waals surface area contributed by atoms with Crippen LogP contribution in [-0.4, -0.2) is 43.6 Å². The highest BCUT2D eigenvalue weighted by Crippen LogP contribution is 2.14. The van der Waals surface area contributed by atoms with E-state index in [0.717, 1.165) is 12.8 Å². The van der Waals surface area contributed by atoms with Crippen LogP contribution in [0.25, 0.3) is 6.08 Å². The molecule has 0 radical (unpaired) electrons. The SMILES string of the molecule is COc1ccc(/C=C(\C#N)C(=O)OCC(=O)N2CCCC2)cc1. The molecule has 0 N–H and O–H groups in total. The van der Waals surface area contributed by atoms with Gasteiger partial charge in [0.05, 0.1) is 7.11 Å². The Balaban J connectivity index is 1.95. The average molecular weight is 314 g/mol. The number of hydrogen-bond acceptors (Lipinski definition) is 5. The van der Waals surface area contributed by atoms with Gasteiger partial charge in [0.25, 0.3) is 5.91 Å². The molecule has 0 atom stereocenters. The first-order valence-electron chi connectivity index (χ1n) is 7.35.